The standard InChI is InChI=1S/C23H25N3O/c1-27-21-12-6-5-11-20(21)23-22(24-13-14-25-23)19-10-7-15-26(17-19)16-18-8-3-2-4-9-18/h2-6,8-9,11-14,19H,7,10,15-17H2,1H3/t19-/m0/s1. The van der Waals surface area contributed by atoms with E-state index in [1.165, 1.54) is 12.0 Å². The van der Waals surface area contributed by atoms with Crippen LogP contribution in [-0.4, -0.2) is 35.1 Å². The fraction of sp³-hybridized carbons (Fsp3) is 0.304. The van der Waals surface area contributed by atoms with Gasteiger partial charge in [-0.1, -0.05) is 42.5 Å². The Hall–Kier alpha value is -2.72. The Morgan fingerprint density at radius 3 is 2.63 bits per heavy atom. The molecule has 2 heterocycles. The fourth-order valence-corrected chi connectivity index (χ4v) is 3.96. The Bertz CT molecular complexity index is 882. The van der Waals surface area contributed by atoms with Crippen LogP contribution >= 0.6 is 0 Å². The fourth-order valence-electron chi connectivity index (χ4n) is 3.96. The van der Waals surface area contributed by atoms with E-state index in [9.17, 15) is 0 Å². The Kier molecular flexibility index (Phi) is 5.45. The van der Waals surface area contributed by atoms with Crippen LogP contribution in [-0.2, 0) is 6.54 Å². The summed E-state index contributed by atoms with van der Waals surface area (Å²) in [6.07, 6.45) is 5.91. The number of methoxy groups -OCH3 is 1. The first-order valence-corrected chi connectivity index (χ1v) is 9.55. The molecule has 1 aliphatic heterocycles. The van der Waals surface area contributed by atoms with Crippen molar-refractivity contribution in [3.05, 3.63) is 78.2 Å². The average molecular weight is 359 g/mol. The predicted molar refractivity (Wildman–Crippen MR) is 108 cm³/mol. The van der Waals surface area contributed by atoms with Crippen LogP contribution in [0, 0.1) is 0 Å². The van der Waals surface area contributed by atoms with Gasteiger partial charge in [-0.05, 0) is 37.1 Å². The van der Waals surface area contributed by atoms with E-state index in [1.54, 1.807) is 13.3 Å². The first-order valence-electron chi connectivity index (χ1n) is 9.55. The maximum Gasteiger partial charge on any atom is 0.128 e. The lowest BCUT2D eigenvalue weighted by Gasteiger charge is -2.33. The van der Waals surface area contributed by atoms with E-state index in [4.69, 9.17) is 9.72 Å². The van der Waals surface area contributed by atoms with Crippen LogP contribution in [0.25, 0.3) is 11.3 Å². The largest absolute Gasteiger partial charge is 0.496 e. The van der Waals surface area contributed by atoms with Crippen molar-refractivity contribution in [1.29, 1.82) is 0 Å². The molecule has 0 aliphatic carbocycles. The van der Waals surface area contributed by atoms with Gasteiger partial charge in [-0.2, -0.15) is 0 Å². The molecule has 1 atom stereocenters. The van der Waals surface area contributed by atoms with Gasteiger partial charge in [-0.3, -0.25) is 14.9 Å². The first-order chi connectivity index (χ1) is 13.3. The maximum absolute atomic E-state index is 5.56. The molecule has 0 amide bonds. The van der Waals surface area contributed by atoms with Crippen LogP contribution in [0.4, 0.5) is 0 Å². The summed E-state index contributed by atoms with van der Waals surface area (Å²) in [5.41, 5.74) is 4.41. The second-order valence-corrected chi connectivity index (χ2v) is 7.05. The second-order valence-electron chi connectivity index (χ2n) is 7.05. The summed E-state index contributed by atoms with van der Waals surface area (Å²) in [5, 5.41) is 0. The van der Waals surface area contributed by atoms with E-state index >= 15 is 0 Å². The minimum atomic E-state index is 0.385. The number of benzene rings is 2. The predicted octanol–water partition coefficient (Wildman–Crippen LogP) is 4.53. The smallest absolute Gasteiger partial charge is 0.128 e. The Morgan fingerprint density at radius 2 is 1.78 bits per heavy atom. The van der Waals surface area contributed by atoms with Crippen LogP contribution in [0.1, 0.15) is 30.0 Å². The quantitative estimate of drug-likeness (QED) is 0.671. The summed E-state index contributed by atoms with van der Waals surface area (Å²) < 4.78 is 5.56. The van der Waals surface area contributed by atoms with E-state index in [0.717, 1.165) is 48.8 Å². The van der Waals surface area contributed by atoms with E-state index in [2.05, 4.69) is 46.3 Å². The van der Waals surface area contributed by atoms with Gasteiger partial charge in [-0.25, -0.2) is 0 Å². The summed E-state index contributed by atoms with van der Waals surface area (Å²) >= 11 is 0. The normalized spacial score (nSPS) is 17.6. The Morgan fingerprint density at radius 1 is 1.00 bits per heavy atom. The monoisotopic (exact) mass is 359 g/mol. The SMILES string of the molecule is COc1ccccc1-c1nccnc1[C@H]1CCCN(Cc2ccccc2)C1. The van der Waals surface area contributed by atoms with Crippen molar-refractivity contribution in [1.82, 2.24) is 14.9 Å². The molecular weight excluding hydrogens is 334 g/mol. The van der Waals surface area contributed by atoms with Gasteiger partial charge in [0, 0.05) is 37.0 Å². The van der Waals surface area contributed by atoms with Gasteiger partial charge in [0.25, 0.3) is 0 Å². The molecule has 0 saturated carbocycles. The van der Waals surface area contributed by atoms with Crippen molar-refractivity contribution in [3.63, 3.8) is 0 Å². The summed E-state index contributed by atoms with van der Waals surface area (Å²) in [6.45, 7) is 3.13. The topological polar surface area (TPSA) is 38.3 Å². The highest BCUT2D eigenvalue weighted by molar-refractivity contribution is 5.69. The molecule has 1 aromatic heterocycles. The van der Waals surface area contributed by atoms with Crippen molar-refractivity contribution in [2.45, 2.75) is 25.3 Å². The van der Waals surface area contributed by atoms with Crippen LogP contribution in [0.5, 0.6) is 5.75 Å². The molecule has 0 spiro atoms. The summed E-state index contributed by atoms with van der Waals surface area (Å²) in [6, 6.07) is 18.8. The molecular formula is C23H25N3O. The molecule has 3 aromatic rings. The van der Waals surface area contributed by atoms with E-state index in [-0.39, 0.29) is 0 Å². The molecule has 27 heavy (non-hydrogen) atoms. The molecule has 1 fully saturated rings. The van der Waals surface area contributed by atoms with Crippen molar-refractivity contribution < 1.29 is 4.74 Å². The van der Waals surface area contributed by atoms with Gasteiger partial charge in [0.05, 0.1) is 18.5 Å². The van der Waals surface area contributed by atoms with E-state index in [1.807, 2.05) is 24.4 Å². The van der Waals surface area contributed by atoms with E-state index in [0.29, 0.717) is 5.92 Å². The van der Waals surface area contributed by atoms with Gasteiger partial charge < -0.3 is 4.74 Å². The Balaban J connectivity index is 1.60. The number of ether oxygens (including phenoxy) is 1. The molecule has 4 nitrogen and oxygen atoms in total. The van der Waals surface area contributed by atoms with Crippen molar-refractivity contribution in [3.8, 4) is 17.0 Å². The van der Waals surface area contributed by atoms with Gasteiger partial charge in [-0.15, -0.1) is 0 Å². The number of para-hydroxylation sites is 1. The maximum atomic E-state index is 5.56. The lowest BCUT2D eigenvalue weighted by atomic mass is 9.91. The molecule has 0 radical (unpaired) electrons. The third kappa shape index (κ3) is 4.01. The second kappa shape index (κ2) is 8.31. The van der Waals surface area contributed by atoms with Crippen LogP contribution < -0.4 is 4.74 Å². The molecule has 0 unspecified atom stereocenters. The lowest BCUT2D eigenvalue weighted by molar-refractivity contribution is 0.198. The molecule has 0 N–H and O–H groups in total. The molecule has 4 rings (SSSR count). The Labute approximate surface area is 160 Å². The third-order valence-corrected chi connectivity index (χ3v) is 5.23. The zero-order valence-electron chi connectivity index (χ0n) is 15.7. The highest BCUT2D eigenvalue weighted by atomic mass is 16.5. The van der Waals surface area contributed by atoms with Crippen LogP contribution in [0.15, 0.2) is 67.0 Å². The number of hydrogen-bond donors (Lipinski definition) is 0. The zero-order valence-corrected chi connectivity index (χ0v) is 15.7. The van der Waals surface area contributed by atoms with Crippen molar-refractivity contribution >= 4 is 0 Å². The molecule has 1 aliphatic rings. The number of piperidine rings is 1. The highest BCUT2D eigenvalue weighted by Gasteiger charge is 2.26. The van der Waals surface area contributed by atoms with Crippen LogP contribution in [0.2, 0.25) is 0 Å². The molecule has 4 heteroatoms. The number of aromatic nitrogens is 2. The molecule has 0 bridgehead atoms. The minimum absolute atomic E-state index is 0.385. The van der Waals surface area contributed by atoms with Crippen LogP contribution in [0.3, 0.4) is 0 Å². The first kappa shape index (κ1) is 17.7. The third-order valence-electron chi connectivity index (χ3n) is 5.23. The van der Waals surface area contributed by atoms with Gasteiger partial charge >= 0.3 is 0 Å². The van der Waals surface area contributed by atoms with Gasteiger partial charge in [0.15, 0.2) is 0 Å². The zero-order chi connectivity index (χ0) is 18.5. The number of likely N-dealkylation sites (tertiary alicyclic amines) is 1. The average Bonchev–Trinajstić information content (AvgIpc) is 2.75. The summed E-state index contributed by atoms with van der Waals surface area (Å²) in [7, 11) is 1.71. The molecule has 138 valence electrons. The van der Waals surface area contributed by atoms with E-state index < -0.39 is 0 Å². The minimum Gasteiger partial charge on any atom is -0.496 e. The molecule has 2 aromatic carbocycles. The number of rotatable bonds is 5. The van der Waals surface area contributed by atoms with Gasteiger partial charge in [0.2, 0.25) is 0 Å². The lowest BCUT2D eigenvalue weighted by Crippen LogP contribution is -2.34. The van der Waals surface area contributed by atoms with Crippen molar-refractivity contribution in [2.75, 3.05) is 20.2 Å². The number of nitrogens with zero attached hydrogens (tertiary/aromatic N) is 3. The molecule has 1 saturated heterocycles. The highest BCUT2D eigenvalue weighted by Crippen LogP contribution is 2.35. The van der Waals surface area contributed by atoms with Crippen molar-refractivity contribution in [2.24, 2.45) is 0 Å². The summed E-state index contributed by atoms with van der Waals surface area (Å²) in [4.78, 5) is 12.0. The number of hydrogen-bond acceptors (Lipinski definition) is 4. The summed E-state index contributed by atoms with van der Waals surface area (Å²) in [5.74, 6) is 1.23. The van der Waals surface area contributed by atoms with Gasteiger partial charge in [0.1, 0.15) is 5.75 Å².